The Hall–Kier alpha value is -0.460. The topological polar surface area (TPSA) is 3.24 Å². The van der Waals surface area contributed by atoms with Crippen LogP contribution in [0.2, 0.25) is 0 Å². The lowest BCUT2D eigenvalue weighted by atomic mass is 10.2. The molecule has 1 saturated heterocycles. The summed E-state index contributed by atoms with van der Waals surface area (Å²) in [4.78, 5) is 2.60. The molecule has 1 aliphatic heterocycles. The van der Waals surface area contributed by atoms with Gasteiger partial charge in [0.25, 0.3) is 0 Å². The van der Waals surface area contributed by atoms with Gasteiger partial charge >= 0.3 is 0 Å². The lowest BCUT2D eigenvalue weighted by Gasteiger charge is -2.19. The lowest BCUT2D eigenvalue weighted by Crippen LogP contribution is -2.18. The predicted octanol–water partition coefficient (Wildman–Crippen LogP) is 3.96. The zero-order valence-corrected chi connectivity index (χ0v) is 9.89. The smallest absolute Gasteiger partial charge is 0.0178 e. The second kappa shape index (κ2) is 6.92. The van der Waals surface area contributed by atoms with E-state index in [0.717, 1.165) is 0 Å². The fraction of sp³-hybridized carbons (Fsp3) is 0.846. The van der Waals surface area contributed by atoms with Gasteiger partial charge in [-0.2, -0.15) is 0 Å². The van der Waals surface area contributed by atoms with Gasteiger partial charge in [-0.25, -0.2) is 0 Å². The molecule has 0 aromatic carbocycles. The highest BCUT2D eigenvalue weighted by Crippen LogP contribution is 2.22. The van der Waals surface area contributed by atoms with Crippen molar-refractivity contribution in [1.82, 2.24) is 4.90 Å². The Bertz CT molecular complexity index is 172. The highest BCUT2D eigenvalue weighted by molar-refractivity contribution is 5.05. The second-order valence-electron chi connectivity index (χ2n) is 4.28. The molecular weight excluding hydrogens is 170 g/mol. The van der Waals surface area contributed by atoms with E-state index >= 15 is 0 Å². The van der Waals surface area contributed by atoms with Crippen molar-refractivity contribution >= 4 is 0 Å². The van der Waals surface area contributed by atoms with Gasteiger partial charge in [-0.15, -0.1) is 0 Å². The van der Waals surface area contributed by atoms with Gasteiger partial charge in [-0.3, -0.25) is 0 Å². The maximum atomic E-state index is 2.60. The number of hydrogen-bond donors (Lipinski definition) is 0. The molecule has 1 aliphatic rings. The van der Waals surface area contributed by atoms with Gasteiger partial charge in [-0.1, -0.05) is 39.2 Å². The molecule has 1 heteroatoms. The zero-order chi connectivity index (χ0) is 10.2. The van der Waals surface area contributed by atoms with E-state index in [4.69, 9.17) is 0 Å². The van der Waals surface area contributed by atoms with Crippen molar-refractivity contribution in [2.24, 2.45) is 0 Å². The minimum absolute atomic E-state index is 1.29. The van der Waals surface area contributed by atoms with E-state index in [1.54, 1.807) is 5.70 Å². The standard InChI is InChI=1S/C13H25N/c1-3-5-7-9-13-10-8-12-14(13)11-6-4-2/h9H,3-8,10-12H2,1-2H3. The van der Waals surface area contributed by atoms with Crippen molar-refractivity contribution in [1.29, 1.82) is 0 Å². The molecule has 1 nitrogen and oxygen atoms in total. The lowest BCUT2D eigenvalue weighted by molar-refractivity contribution is 0.381. The summed E-state index contributed by atoms with van der Waals surface area (Å²) in [5.74, 6) is 0. The van der Waals surface area contributed by atoms with Crippen molar-refractivity contribution in [2.45, 2.75) is 58.8 Å². The summed E-state index contributed by atoms with van der Waals surface area (Å²) in [6, 6.07) is 0. The van der Waals surface area contributed by atoms with Gasteiger partial charge in [0.15, 0.2) is 0 Å². The fourth-order valence-corrected chi connectivity index (χ4v) is 2.06. The molecule has 0 N–H and O–H groups in total. The molecule has 0 aromatic rings. The van der Waals surface area contributed by atoms with Crippen molar-refractivity contribution in [3.63, 3.8) is 0 Å². The monoisotopic (exact) mass is 195 g/mol. The second-order valence-corrected chi connectivity index (χ2v) is 4.28. The molecule has 1 rings (SSSR count). The zero-order valence-electron chi connectivity index (χ0n) is 9.89. The molecule has 0 radical (unpaired) electrons. The van der Waals surface area contributed by atoms with Crippen molar-refractivity contribution in [3.8, 4) is 0 Å². The first-order chi connectivity index (χ1) is 6.88. The van der Waals surface area contributed by atoms with Crippen LogP contribution in [-0.2, 0) is 0 Å². The summed E-state index contributed by atoms with van der Waals surface area (Å²) < 4.78 is 0. The summed E-state index contributed by atoms with van der Waals surface area (Å²) in [6.45, 7) is 7.13. The van der Waals surface area contributed by atoms with Crippen LogP contribution in [0.4, 0.5) is 0 Å². The summed E-state index contributed by atoms with van der Waals surface area (Å²) in [5, 5.41) is 0. The van der Waals surface area contributed by atoms with Gasteiger partial charge in [0.2, 0.25) is 0 Å². The Kier molecular flexibility index (Phi) is 5.74. The highest BCUT2D eigenvalue weighted by Gasteiger charge is 2.14. The molecular formula is C13H25N. The molecule has 82 valence electrons. The van der Waals surface area contributed by atoms with Gasteiger partial charge in [0.1, 0.15) is 0 Å². The third kappa shape index (κ3) is 3.73. The van der Waals surface area contributed by atoms with Crippen molar-refractivity contribution in [3.05, 3.63) is 11.8 Å². The maximum Gasteiger partial charge on any atom is 0.0178 e. The van der Waals surface area contributed by atoms with E-state index in [2.05, 4.69) is 24.8 Å². The van der Waals surface area contributed by atoms with Gasteiger partial charge in [0, 0.05) is 18.8 Å². The van der Waals surface area contributed by atoms with E-state index in [0.29, 0.717) is 0 Å². The van der Waals surface area contributed by atoms with Crippen LogP contribution in [0.3, 0.4) is 0 Å². The van der Waals surface area contributed by atoms with Crippen LogP contribution in [0.25, 0.3) is 0 Å². The molecule has 1 fully saturated rings. The molecule has 0 unspecified atom stereocenters. The summed E-state index contributed by atoms with van der Waals surface area (Å²) >= 11 is 0. The minimum atomic E-state index is 1.29. The number of nitrogens with zero attached hydrogens (tertiary/aromatic N) is 1. The average molecular weight is 195 g/mol. The Morgan fingerprint density at radius 3 is 2.71 bits per heavy atom. The summed E-state index contributed by atoms with van der Waals surface area (Å²) in [5.41, 5.74) is 1.63. The third-order valence-electron chi connectivity index (χ3n) is 2.99. The van der Waals surface area contributed by atoms with Gasteiger partial charge < -0.3 is 4.90 Å². The van der Waals surface area contributed by atoms with Gasteiger partial charge in [-0.05, 0) is 25.7 Å². The van der Waals surface area contributed by atoms with Gasteiger partial charge in [0.05, 0.1) is 0 Å². The van der Waals surface area contributed by atoms with Crippen LogP contribution < -0.4 is 0 Å². The molecule has 0 aliphatic carbocycles. The van der Waals surface area contributed by atoms with E-state index in [9.17, 15) is 0 Å². The molecule has 0 aromatic heterocycles. The molecule has 14 heavy (non-hydrogen) atoms. The number of hydrogen-bond acceptors (Lipinski definition) is 1. The summed E-state index contributed by atoms with van der Waals surface area (Å²) in [6.07, 6.45) is 11.8. The van der Waals surface area contributed by atoms with Crippen LogP contribution in [0, 0.1) is 0 Å². The molecule has 1 heterocycles. The molecule has 0 saturated carbocycles. The van der Waals surface area contributed by atoms with Crippen LogP contribution in [0.1, 0.15) is 58.8 Å². The molecule has 0 amide bonds. The Morgan fingerprint density at radius 1 is 1.21 bits per heavy atom. The van der Waals surface area contributed by atoms with E-state index in [1.165, 1.54) is 58.0 Å². The van der Waals surface area contributed by atoms with Crippen molar-refractivity contribution in [2.75, 3.05) is 13.1 Å². The van der Waals surface area contributed by atoms with E-state index in [1.807, 2.05) is 0 Å². The Labute approximate surface area is 89.2 Å². The molecule has 0 bridgehead atoms. The first-order valence-corrected chi connectivity index (χ1v) is 6.32. The van der Waals surface area contributed by atoms with Crippen LogP contribution in [-0.4, -0.2) is 18.0 Å². The Balaban J connectivity index is 2.30. The van der Waals surface area contributed by atoms with Crippen LogP contribution in [0.15, 0.2) is 11.8 Å². The first-order valence-electron chi connectivity index (χ1n) is 6.32. The average Bonchev–Trinajstić information content (AvgIpc) is 2.63. The highest BCUT2D eigenvalue weighted by atomic mass is 15.1. The van der Waals surface area contributed by atoms with Crippen LogP contribution >= 0.6 is 0 Å². The Morgan fingerprint density at radius 2 is 2.00 bits per heavy atom. The summed E-state index contributed by atoms with van der Waals surface area (Å²) in [7, 11) is 0. The number of likely N-dealkylation sites (tertiary alicyclic amines) is 1. The predicted molar refractivity (Wildman–Crippen MR) is 63.3 cm³/mol. The van der Waals surface area contributed by atoms with E-state index < -0.39 is 0 Å². The third-order valence-corrected chi connectivity index (χ3v) is 2.99. The number of allylic oxidation sites excluding steroid dienone is 2. The number of unbranched alkanes of at least 4 members (excludes halogenated alkanes) is 3. The largest absolute Gasteiger partial charge is 0.375 e. The first kappa shape index (κ1) is 11.6. The van der Waals surface area contributed by atoms with E-state index in [-0.39, 0.29) is 0 Å². The van der Waals surface area contributed by atoms with Crippen LogP contribution in [0.5, 0.6) is 0 Å². The molecule has 0 spiro atoms. The molecule has 0 atom stereocenters. The fourth-order valence-electron chi connectivity index (χ4n) is 2.06. The van der Waals surface area contributed by atoms with Crippen molar-refractivity contribution < 1.29 is 0 Å². The quantitative estimate of drug-likeness (QED) is 0.580. The maximum absolute atomic E-state index is 2.60. The minimum Gasteiger partial charge on any atom is -0.375 e. The number of rotatable bonds is 6. The normalized spacial score (nSPS) is 19.6. The SMILES string of the molecule is CCCCC=C1CCCN1CCCC.